The molecule has 0 bridgehead atoms. The second-order valence-electron chi connectivity index (χ2n) is 7.64. The van der Waals surface area contributed by atoms with Crippen molar-refractivity contribution in [2.45, 2.75) is 36.6 Å². The monoisotopic (exact) mass is 457 g/mol. The van der Waals surface area contributed by atoms with Gasteiger partial charge in [0.25, 0.3) is 0 Å². The third-order valence-electron chi connectivity index (χ3n) is 5.77. The summed E-state index contributed by atoms with van der Waals surface area (Å²) in [5, 5.41) is 0. The number of carbonyl (C=O) groups is 1. The van der Waals surface area contributed by atoms with Gasteiger partial charge in [0, 0.05) is 30.7 Å². The Bertz CT molecular complexity index is 761. The Hall–Kier alpha value is -0.960. The molecule has 2 saturated heterocycles. The average molecular weight is 458 g/mol. The Morgan fingerprint density at radius 1 is 1.11 bits per heavy atom. The molecule has 1 aromatic carbocycles. The highest BCUT2D eigenvalue weighted by atomic mass is 79.9. The van der Waals surface area contributed by atoms with Crippen molar-refractivity contribution < 1.29 is 13.2 Å². The normalized spacial score (nSPS) is 23.3. The number of rotatable bonds is 4. The third-order valence-corrected chi connectivity index (χ3v) is 8.18. The van der Waals surface area contributed by atoms with Gasteiger partial charge in [0.2, 0.25) is 15.9 Å². The van der Waals surface area contributed by atoms with E-state index in [0.717, 1.165) is 36.8 Å². The molecule has 3 rings (SSSR count). The number of nitrogens with zero attached hydrogens (tertiary/aromatic N) is 3. The molecule has 0 spiro atoms. The summed E-state index contributed by atoms with van der Waals surface area (Å²) in [5.74, 6) is -0.172. The van der Waals surface area contributed by atoms with Crippen LogP contribution in [0.1, 0.15) is 25.7 Å². The minimum Gasteiger partial charge on any atom is -0.342 e. The maximum Gasteiger partial charge on any atom is 0.243 e. The highest BCUT2D eigenvalue weighted by Gasteiger charge is 2.36. The summed E-state index contributed by atoms with van der Waals surface area (Å²) in [6.07, 6.45) is 3.42. The van der Waals surface area contributed by atoms with Crippen molar-refractivity contribution >= 4 is 31.9 Å². The lowest BCUT2D eigenvalue weighted by Crippen LogP contribution is -2.50. The number of amides is 1. The molecule has 1 amide bonds. The second-order valence-corrected chi connectivity index (χ2v) is 10.5. The molecule has 0 radical (unpaired) electrons. The van der Waals surface area contributed by atoms with Gasteiger partial charge in [-0.3, -0.25) is 4.79 Å². The highest BCUT2D eigenvalue weighted by Crippen LogP contribution is 2.27. The molecule has 27 heavy (non-hydrogen) atoms. The first-order valence-electron chi connectivity index (χ1n) is 9.50. The van der Waals surface area contributed by atoms with E-state index in [2.05, 4.69) is 27.9 Å². The van der Waals surface area contributed by atoms with E-state index in [1.807, 2.05) is 11.9 Å². The second kappa shape index (κ2) is 8.59. The zero-order valence-corrected chi connectivity index (χ0v) is 18.4. The van der Waals surface area contributed by atoms with E-state index in [9.17, 15) is 13.2 Å². The van der Waals surface area contributed by atoms with E-state index in [-0.39, 0.29) is 29.3 Å². The summed E-state index contributed by atoms with van der Waals surface area (Å²) in [5.41, 5.74) is 0. The van der Waals surface area contributed by atoms with E-state index in [0.29, 0.717) is 13.0 Å². The Morgan fingerprint density at radius 3 is 2.37 bits per heavy atom. The molecule has 6 nitrogen and oxygen atoms in total. The zero-order valence-electron chi connectivity index (χ0n) is 16.0. The summed E-state index contributed by atoms with van der Waals surface area (Å²) in [7, 11) is 0.409. The molecule has 0 aromatic heterocycles. The van der Waals surface area contributed by atoms with E-state index in [4.69, 9.17) is 0 Å². The van der Waals surface area contributed by atoms with Crippen LogP contribution in [-0.2, 0) is 14.8 Å². The molecular weight excluding hydrogens is 430 g/mol. The van der Waals surface area contributed by atoms with Crippen LogP contribution in [-0.4, -0.2) is 74.7 Å². The quantitative estimate of drug-likeness (QED) is 0.696. The molecule has 0 saturated carbocycles. The number of piperidine rings is 2. The first-order chi connectivity index (χ1) is 12.8. The van der Waals surface area contributed by atoms with Crippen molar-refractivity contribution in [3.8, 4) is 0 Å². The van der Waals surface area contributed by atoms with Gasteiger partial charge in [0.15, 0.2) is 0 Å². The fourth-order valence-corrected chi connectivity index (χ4v) is 5.76. The molecule has 1 atom stereocenters. The number of likely N-dealkylation sites (tertiary alicyclic amines) is 1. The fourth-order valence-electron chi connectivity index (χ4n) is 3.97. The molecule has 0 aliphatic carbocycles. The summed E-state index contributed by atoms with van der Waals surface area (Å²) in [6, 6.07) is 6.93. The Morgan fingerprint density at radius 2 is 1.74 bits per heavy atom. The number of hydrogen-bond acceptors (Lipinski definition) is 4. The van der Waals surface area contributed by atoms with Crippen LogP contribution in [0.4, 0.5) is 0 Å². The van der Waals surface area contributed by atoms with Crippen LogP contribution in [0.2, 0.25) is 0 Å². The number of sulfonamides is 1. The molecule has 2 aliphatic heterocycles. The van der Waals surface area contributed by atoms with Gasteiger partial charge in [-0.25, -0.2) is 8.42 Å². The maximum absolute atomic E-state index is 13.0. The van der Waals surface area contributed by atoms with Crippen molar-refractivity contribution in [1.82, 2.24) is 14.1 Å². The zero-order chi connectivity index (χ0) is 19.6. The van der Waals surface area contributed by atoms with Crippen molar-refractivity contribution in [3.63, 3.8) is 0 Å². The first kappa shape index (κ1) is 20.8. The van der Waals surface area contributed by atoms with Gasteiger partial charge in [-0.1, -0.05) is 15.9 Å². The number of carbonyl (C=O) groups excluding carboxylic acids is 1. The summed E-state index contributed by atoms with van der Waals surface area (Å²) in [4.78, 5) is 17.4. The van der Waals surface area contributed by atoms with Gasteiger partial charge in [-0.05, 0) is 70.1 Å². The lowest BCUT2D eigenvalue weighted by atomic mass is 9.96. The summed E-state index contributed by atoms with van der Waals surface area (Å²) < 4.78 is 28.2. The maximum atomic E-state index is 13.0. The van der Waals surface area contributed by atoms with Crippen LogP contribution in [0, 0.1) is 5.92 Å². The van der Waals surface area contributed by atoms with Gasteiger partial charge in [0.1, 0.15) is 0 Å². The van der Waals surface area contributed by atoms with Crippen LogP contribution in [0.15, 0.2) is 33.6 Å². The molecule has 2 aliphatic rings. The molecule has 8 heteroatoms. The van der Waals surface area contributed by atoms with Crippen LogP contribution < -0.4 is 0 Å². The van der Waals surface area contributed by atoms with Gasteiger partial charge >= 0.3 is 0 Å². The van der Waals surface area contributed by atoms with Crippen LogP contribution in [0.5, 0.6) is 0 Å². The summed E-state index contributed by atoms with van der Waals surface area (Å²) in [6.45, 7) is 2.74. The van der Waals surface area contributed by atoms with Crippen molar-refractivity contribution in [2.75, 3.05) is 40.3 Å². The minimum atomic E-state index is -3.57. The number of benzene rings is 1. The molecule has 2 fully saturated rings. The van der Waals surface area contributed by atoms with Gasteiger partial charge in [-0.15, -0.1) is 0 Å². The average Bonchev–Trinajstić information content (AvgIpc) is 2.68. The van der Waals surface area contributed by atoms with E-state index < -0.39 is 10.0 Å². The molecule has 1 unspecified atom stereocenters. The van der Waals surface area contributed by atoms with E-state index in [1.54, 1.807) is 24.3 Å². The van der Waals surface area contributed by atoms with Gasteiger partial charge in [0.05, 0.1) is 10.8 Å². The summed E-state index contributed by atoms with van der Waals surface area (Å²) >= 11 is 3.33. The fraction of sp³-hybridized carbons (Fsp3) is 0.632. The smallest absolute Gasteiger partial charge is 0.243 e. The number of halogens is 1. The van der Waals surface area contributed by atoms with Crippen molar-refractivity contribution in [2.24, 2.45) is 5.92 Å². The minimum absolute atomic E-state index is 0.0836. The molecule has 150 valence electrons. The lowest BCUT2D eigenvalue weighted by molar-refractivity contribution is -0.138. The molecule has 1 aromatic rings. The van der Waals surface area contributed by atoms with Gasteiger partial charge < -0.3 is 9.80 Å². The highest BCUT2D eigenvalue weighted by molar-refractivity contribution is 9.10. The Kier molecular flexibility index (Phi) is 6.61. The third kappa shape index (κ3) is 4.72. The van der Waals surface area contributed by atoms with Crippen LogP contribution in [0.3, 0.4) is 0 Å². The predicted molar refractivity (Wildman–Crippen MR) is 109 cm³/mol. The Labute approximate surface area is 170 Å². The predicted octanol–water partition coefficient (Wildman–Crippen LogP) is 2.40. The first-order valence-corrected chi connectivity index (χ1v) is 11.7. The van der Waals surface area contributed by atoms with E-state index in [1.165, 1.54) is 4.31 Å². The topological polar surface area (TPSA) is 60.9 Å². The largest absolute Gasteiger partial charge is 0.342 e. The van der Waals surface area contributed by atoms with Crippen molar-refractivity contribution in [3.05, 3.63) is 28.7 Å². The standard InChI is InChI=1S/C19H28BrN3O3S/c1-21-12-9-17(10-13-21)22(2)19(24)15-4-3-11-23(14-15)27(25,26)18-7-5-16(20)6-8-18/h5-8,15,17H,3-4,9-14H2,1-2H3. The Balaban J connectivity index is 1.68. The van der Waals surface area contributed by atoms with Crippen LogP contribution >= 0.6 is 15.9 Å². The lowest BCUT2D eigenvalue weighted by Gasteiger charge is -2.38. The van der Waals surface area contributed by atoms with Crippen LogP contribution in [0.25, 0.3) is 0 Å². The number of hydrogen-bond donors (Lipinski definition) is 0. The molecular formula is C19H28BrN3O3S. The molecule has 0 N–H and O–H groups in total. The molecule has 2 heterocycles. The van der Waals surface area contributed by atoms with E-state index >= 15 is 0 Å². The van der Waals surface area contributed by atoms with Crippen molar-refractivity contribution in [1.29, 1.82) is 0 Å². The van der Waals surface area contributed by atoms with Gasteiger partial charge in [-0.2, -0.15) is 4.31 Å². The SMILES string of the molecule is CN1CCC(N(C)C(=O)C2CCCN(S(=O)(=O)c3ccc(Br)cc3)C2)CC1.